The monoisotopic (exact) mass is 339 g/mol. The second kappa shape index (κ2) is 6.88. The topological polar surface area (TPSA) is 92.4 Å². The van der Waals surface area contributed by atoms with Gasteiger partial charge in [0.15, 0.2) is 11.5 Å². The van der Waals surface area contributed by atoms with Crippen molar-refractivity contribution in [2.24, 2.45) is 0 Å². The Bertz CT molecular complexity index is 793. The number of amides is 2. The molecule has 0 saturated carbocycles. The standard InChI is InChI=1S/C18H21N5O2/c1-12-9-13(2)11-14(10-12)17(24)22-5-7-23(8-6-22)18(25)15-16(19)21-4-3-20-15/h3-4,9-11H,5-8H2,1-2H3,(H2,19,21). The predicted octanol–water partition coefficient (Wildman–Crippen LogP) is 1.27. The molecule has 0 atom stereocenters. The molecule has 7 nitrogen and oxygen atoms in total. The van der Waals surface area contributed by atoms with E-state index < -0.39 is 0 Å². The third-order valence-corrected chi connectivity index (χ3v) is 4.25. The minimum atomic E-state index is -0.246. The van der Waals surface area contributed by atoms with Crippen LogP contribution in [0.1, 0.15) is 32.0 Å². The summed E-state index contributed by atoms with van der Waals surface area (Å²) in [6.07, 6.45) is 2.90. The molecule has 0 unspecified atom stereocenters. The quantitative estimate of drug-likeness (QED) is 0.889. The lowest BCUT2D eigenvalue weighted by Crippen LogP contribution is -2.50. The second-order valence-electron chi connectivity index (χ2n) is 6.25. The first-order chi connectivity index (χ1) is 12.0. The Morgan fingerprint density at radius 1 is 0.880 bits per heavy atom. The zero-order chi connectivity index (χ0) is 18.0. The molecule has 0 radical (unpaired) electrons. The van der Waals surface area contributed by atoms with Gasteiger partial charge in [-0.2, -0.15) is 0 Å². The van der Waals surface area contributed by atoms with Gasteiger partial charge in [-0.1, -0.05) is 17.2 Å². The van der Waals surface area contributed by atoms with E-state index in [1.54, 1.807) is 9.80 Å². The maximum atomic E-state index is 12.7. The molecule has 2 aromatic rings. The molecule has 1 aromatic carbocycles. The number of nitrogens with zero attached hydrogens (tertiary/aromatic N) is 4. The van der Waals surface area contributed by atoms with Crippen LogP contribution in [-0.2, 0) is 0 Å². The van der Waals surface area contributed by atoms with E-state index in [0.29, 0.717) is 31.7 Å². The average molecular weight is 339 g/mol. The molecule has 25 heavy (non-hydrogen) atoms. The molecule has 0 aliphatic carbocycles. The molecule has 2 amide bonds. The fourth-order valence-electron chi connectivity index (χ4n) is 3.06. The molecule has 0 spiro atoms. The van der Waals surface area contributed by atoms with E-state index in [0.717, 1.165) is 11.1 Å². The normalized spacial score (nSPS) is 14.5. The van der Waals surface area contributed by atoms with E-state index in [1.807, 2.05) is 32.0 Å². The molecule has 3 rings (SSSR count). The number of aryl methyl sites for hydroxylation is 2. The third kappa shape index (κ3) is 3.60. The summed E-state index contributed by atoms with van der Waals surface area (Å²) in [7, 11) is 0. The van der Waals surface area contributed by atoms with Crippen molar-refractivity contribution in [3.63, 3.8) is 0 Å². The largest absolute Gasteiger partial charge is 0.382 e. The number of nitrogen functional groups attached to an aromatic ring is 1. The number of nitrogens with two attached hydrogens (primary N) is 1. The van der Waals surface area contributed by atoms with Crippen LogP contribution in [-0.4, -0.2) is 57.8 Å². The Morgan fingerprint density at radius 2 is 1.40 bits per heavy atom. The summed E-state index contributed by atoms with van der Waals surface area (Å²) < 4.78 is 0. The number of hydrogen-bond acceptors (Lipinski definition) is 5. The predicted molar refractivity (Wildman–Crippen MR) is 94.2 cm³/mol. The van der Waals surface area contributed by atoms with Crippen molar-refractivity contribution in [1.29, 1.82) is 0 Å². The third-order valence-electron chi connectivity index (χ3n) is 4.25. The Hall–Kier alpha value is -2.96. The van der Waals surface area contributed by atoms with Gasteiger partial charge in [0.05, 0.1) is 0 Å². The SMILES string of the molecule is Cc1cc(C)cc(C(=O)N2CCN(C(=O)c3nccnc3N)CC2)c1. The number of carbonyl (C=O) groups is 2. The van der Waals surface area contributed by atoms with Crippen LogP contribution in [0, 0.1) is 13.8 Å². The summed E-state index contributed by atoms with van der Waals surface area (Å²) in [6, 6.07) is 5.83. The van der Waals surface area contributed by atoms with Crippen molar-refractivity contribution in [3.8, 4) is 0 Å². The van der Waals surface area contributed by atoms with Crippen molar-refractivity contribution in [2.45, 2.75) is 13.8 Å². The van der Waals surface area contributed by atoms with Gasteiger partial charge < -0.3 is 15.5 Å². The van der Waals surface area contributed by atoms with Crippen LogP contribution in [0.4, 0.5) is 5.82 Å². The van der Waals surface area contributed by atoms with Crippen molar-refractivity contribution < 1.29 is 9.59 Å². The minimum absolute atomic E-state index is 0.00193. The number of hydrogen-bond donors (Lipinski definition) is 1. The molecular formula is C18H21N5O2. The Labute approximate surface area is 146 Å². The van der Waals surface area contributed by atoms with E-state index in [4.69, 9.17) is 5.73 Å². The molecule has 1 fully saturated rings. The van der Waals surface area contributed by atoms with Gasteiger partial charge in [0.2, 0.25) is 0 Å². The molecule has 7 heteroatoms. The van der Waals surface area contributed by atoms with Crippen LogP contribution in [0.15, 0.2) is 30.6 Å². The first kappa shape index (κ1) is 16.9. The first-order valence-electron chi connectivity index (χ1n) is 8.19. The highest BCUT2D eigenvalue weighted by atomic mass is 16.2. The number of anilines is 1. The minimum Gasteiger partial charge on any atom is -0.382 e. The number of piperazine rings is 1. The fourth-order valence-corrected chi connectivity index (χ4v) is 3.06. The van der Waals surface area contributed by atoms with E-state index >= 15 is 0 Å². The lowest BCUT2D eigenvalue weighted by Gasteiger charge is -2.34. The Morgan fingerprint density at radius 3 is 1.96 bits per heavy atom. The van der Waals surface area contributed by atoms with Crippen LogP contribution in [0.5, 0.6) is 0 Å². The molecule has 1 aliphatic heterocycles. The highest BCUT2D eigenvalue weighted by Gasteiger charge is 2.27. The molecule has 130 valence electrons. The Balaban J connectivity index is 1.66. The summed E-state index contributed by atoms with van der Waals surface area (Å²) >= 11 is 0. The van der Waals surface area contributed by atoms with Gasteiger partial charge in [-0.25, -0.2) is 9.97 Å². The number of benzene rings is 1. The summed E-state index contributed by atoms with van der Waals surface area (Å²) in [5.74, 6) is -0.122. The van der Waals surface area contributed by atoms with Crippen molar-refractivity contribution in [1.82, 2.24) is 19.8 Å². The van der Waals surface area contributed by atoms with E-state index in [9.17, 15) is 9.59 Å². The molecule has 2 N–H and O–H groups in total. The average Bonchev–Trinajstić information content (AvgIpc) is 2.60. The van der Waals surface area contributed by atoms with Crippen LogP contribution in [0.2, 0.25) is 0 Å². The summed E-state index contributed by atoms with van der Waals surface area (Å²) in [5.41, 5.74) is 8.71. The van der Waals surface area contributed by atoms with Crippen LogP contribution in [0.25, 0.3) is 0 Å². The van der Waals surface area contributed by atoms with E-state index in [2.05, 4.69) is 9.97 Å². The number of rotatable bonds is 2. The Kier molecular flexibility index (Phi) is 4.65. The zero-order valence-corrected chi connectivity index (χ0v) is 14.4. The van der Waals surface area contributed by atoms with Gasteiger partial charge in [0.25, 0.3) is 11.8 Å². The van der Waals surface area contributed by atoms with Crippen LogP contribution in [0.3, 0.4) is 0 Å². The molecule has 2 heterocycles. The van der Waals surface area contributed by atoms with Gasteiger partial charge in [0.1, 0.15) is 0 Å². The molecule has 1 saturated heterocycles. The fraction of sp³-hybridized carbons (Fsp3) is 0.333. The van der Waals surface area contributed by atoms with Gasteiger partial charge >= 0.3 is 0 Å². The lowest BCUT2D eigenvalue weighted by molar-refractivity contribution is 0.0532. The summed E-state index contributed by atoms with van der Waals surface area (Å²) in [6.45, 7) is 5.82. The smallest absolute Gasteiger partial charge is 0.276 e. The van der Waals surface area contributed by atoms with Crippen molar-refractivity contribution in [2.75, 3.05) is 31.9 Å². The van der Waals surface area contributed by atoms with Gasteiger partial charge in [-0.15, -0.1) is 0 Å². The van der Waals surface area contributed by atoms with Crippen molar-refractivity contribution in [3.05, 3.63) is 53.0 Å². The second-order valence-corrected chi connectivity index (χ2v) is 6.25. The lowest BCUT2D eigenvalue weighted by atomic mass is 10.1. The maximum absolute atomic E-state index is 12.7. The highest BCUT2D eigenvalue weighted by molar-refractivity contribution is 5.97. The summed E-state index contributed by atoms with van der Waals surface area (Å²) in [4.78, 5) is 36.5. The summed E-state index contributed by atoms with van der Waals surface area (Å²) in [5, 5.41) is 0. The van der Waals surface area contributed by atoms with E-state index in [1.165, 1.54) is 12.4 Å². The molecule has 0 bridgehead atoms. The van der Waals surface area contributed by atoms with Crippen LogP contribution < -0.4 is 5.73 Å². The van der Waals surface area contributed by atoms with Crippen molar-refractivity contribution >= 4 is 17.6 Å². The molecule has 1 aliphatic rings. The van der Waals surface area contributed by atoms with Gasteiger partial charge in [0, 0.05) is 44.1 Å². The number of aromatic nitrogens is 2. The molecule has 1 aromatic heterocycles. The highest BCUT2D eigenvalue weighted by Crippen LogP contribution is 2.15. The van der Waals surface area contributed by atoms with E-state index in [-0.39, 0.29) is 23.3 Å². The number of carbonyl (C=O) groups excluding carboxylic acids is 2. The van der Waals surface area contributed by atoms with Gasteiger partial charge in [-0.05, 0) is 26.0 Å². The zero-order valence-electron chi connectivity index (χ0n) is 14.4. The van der Waals surface area contributed by atoms with Gasteiger partial charge in [-0.3, -0.25) is 9.59 Å². The van der Waals surface area contributed by atoms with Crippen LogP contribution >= 0.6 is 0 Å². The molecular weight excluding hydrogens is 318 g/mol. The maximum Gasteiger partial charge on any atom is 0.276 e. The first-order valence-corrected chi connectivity index (χ1v) is 8.19.